The monoisotopic (exact) mass is 304 g/mol. The van der Waals surface area contributed by atoms with Crippen LogP contribution in [-0.4, -0.2) is 41.7 Å². The van der Waals surface area contributed by atoms with E-state index in [-0.39, 0.29) is 11.9 Å². The molecule has 4 nitrogen and oxygen atoms in total. The first-order valence-corrected chi connectivity index (χ1v) is 8.38. The number of hydrogen-bond donors (Lipinski definition) is 2. The van der Waals surface area contributed by atoms with Gasteiger partial charge in [-0.2, -0.15) is 0 Å². The minimum atomic E-state index is -0.568. The maximum absolute atomic E-state index is 12.7. The van der Waals surface area contributed by atoms with Crippen LogP contribution in [0, 0.1) is 0 Å². The fourth-order valence-corrected chi connectivity index (χ4v) is 3.16. The Bertz CT molecular complexity index is 463. The van der Waals surface area contributed by atoms with Gasteiger partial charge in [0.25, 0.3) is 0 Å². The van der Waals surface area contributed by atoms with Crippen LogP contribution >= 0.6 is 0 Å². The normalized spacial score (nSPS) is 22.5. The first kappa shape index (κ1) is 17.0. The molecular weight excluding hydrogens is 276 g/mol. The standard InChI is InChI=1S/C18H28N2O2/c1-3-4-6-11-15(14-9-7-5-8-10-14)20(2)18(22)17-16(21)12-13-19-17/h5,7-10,15-17,19,21H,3-4,6,11-13H2,1-2H3/t15?,16?,17-/m0/s1. The molecule has 0 radical (unpaired) electrons. The van der Waals surface area contributed by atoms with Crippen molar-refractivity contribution in [1.29, 1.82) is 0 Å². The van der Waals surface area contributed by atoms with Crippen molar-refractivity contribution in [3.63, 3.8) is 0 Å². The highest BCUT2D eigenvalue weighted by atomic mass is 16.3. The van der Waals surface area contributed by atoms with Gasteiger partial charge in [0.15, 0.2) is 0 Å². The number of carbonyl (C=O) groups is 1. The number of nitrogens with zero attached hydrogens (tertiary/aromatic N) is 1. The Balaban J connectivity index is 2.11. The molecule has 4 heteroatoms. The highest BCUT2D eigenvalue weighted by Crippen LogP contribution is 2.27. The molecule has 0 aromatic heterocycles. The van der Waals surface area contributed by atoms with Crippen molar-refractivity contribution in [3.05, 3.63) is 35.9 Å². The quantitative estimate of drug-likeness (QED) is 0.761. The molecule has 3 atom stereocenters. The number of benzene rings is 1. The summed E-state index contributed by atoms with van der Waals surface area (Å²) in [7, 11) is 1.86. The van der Waals surface area contributed by atoms with Crippen LogP contribution in [0.3, 0.4) is 0 Å². The Morgan fingerprint density at radius 1 is 1.36 bits per heavy atom. The van der Waals surface area contributed by atoms with Crippen molar-refractivity contribution in [2.75, 3.05) is 13.6 Å². The van der Waals surface area contributed by atoms with Gasteiger partial charge in [0.1, 0.15) is 6.04 Å². The van der Waals surface area contributed by atoms with Gasteiger partial charge in [-0.1, -0.05) is 56.5 Å². The Labute approximate surface area is 133 Å². The molecule has 1 amide bonds. The SMILES string of the molecule is CCCCCC(c1ccccc1)N(C)C(=O)[C@H]1NCCC1O. The Kier molecular flexibility index (Phi) is 6.40. The van der Waals surface area contributed by atoms with Crippen LogP contribution < -0.4 is 5.32 Å². The van der Waals surface area contributed by atoms with Crippen molar-refractivity contribution < 1.29 is 9.90 Å². The average Bonchev–Trinajstić information content (AvgIpc) is 2.97. The van der Waals surface area contributed by atoms with Gasteiger partial charge in [0.2, 0.25) is 5.91 Å². The number of aliphatic hydroxyl groups is 1. The molecule has 1 aromatic carbocycles. The molecule has 0 spiro atoms. The lowest BCUT2D eigenvalue weighted by molar-refractivity contribution is -0.136. The molecule has 0 bridgehead atoms. The van der Waals surface area contributed by atoms with Gasteiger partial charge < -0.3 is 15.3 Å². The minimum Gasteiger partial charge on any atom is -0.391 e. The van der Waals surface area contributed by atoms with Crippen LogP contribution in [0.25, 0.3) is 0 Å². The summed E-state index contributed by atoms with van der Waals surface area (Å²) in [6, 6.07) is 9.82. The van der Waals surface area contributed by atoms with E-state index in [1.807, 2.05) is 30.1 Å². The summed E-state index contributed by atoms with van der Waals surface area (Å²) in [6.07, 6.45) is 4.49. The summed E-state index contributed by atoms with van der Waals surface area (Å²) in [5, 5.41) is 13.1. The van der Waals surface area contributed by atoms with Crippen LogP contribution in [0.1, 0.15) is 50.6 Å². The van der Waals surface area contributed by atoms with E-state index >= 15 is 0 Å². The van der Waals surface area contributed by atoms with Crippen LogP contribution in [0.2, 0.25) is 0 Å². The fraction of sp³-hybridized carbons (Fsp3) is 0.611. The number of aliphatic hydroxyl groups excluding tert-OH is 1. The second-order valence-electron chi connectivity index (χ2n) is 6.16. The van der Waals surface area contributed by atoms with E-state index in [2.05, 4.69) is 24.4 Å². The van der Waals surface area contributed by atoms with Gasteiger partial charge in [-0.25, -0.2) is 0 Å². The summed E-state index contributed by atoms with van der Waals surface area (Å²) in [5.74, 6) is -0.00430. The van der Waals surface area contributed by atoms with Gasteiger partial charge in [0, 0.05) is 7.05 Å². The first-order chi connectivity index (χ1) is 10.6. The van der Waals surface area contributed by atoms with Gasteiger partial charge in [-0.3, -0.25) is 4.79 Å². The molecule has 2 unspecified atom stereocenters. The molecule has 1 heterocycles. The Morgan fingerprint density at radius 2 is 2.09 bits per heavy atom. The summed E-state index contributed by atoms with van der Waals surface area (Å²) in [6.45, 7) is 2.89. The predicted molar refractivity (Wildman–Crippen MR) is 88.5 cm³/mol. The van der Waals surface area contributed by atoms with Gasteiger partial charge in [0.05, 0.1) is 12.1 Å². The van der Waals surface area contributed by atoms with Gasteiger partial charge >= 0.3 is 0 Å². The number of amides is 1. The van der Waals surface area contributed by atoms with Crippen LogP contribution in [0.5, 0.6) is 0 Å². The first-order valence-electron chi connectivity index (χ1n) is 8.38. The van der Waals surface area contributed by atoms with E-state index in [0.717, 1.165) is 12.8 Å². The summed E-state index contributed by atoms with van der Waals surface area (Å²) in [5.41, 5.74) is 1.17. The second-order valence-corrected chi connectivity index (χ2v) is 6.16. The third-order valence-corrected chi connectivity index (χ3v) is 4.54. The molecule has 122 valence electrons. The molecule has 1 saturated heterocycles. The number of hydrogen-bond acceptors (Lipinski definition) is 3. The zero-order chi connectivity index (χ0) is 15.9. The number of nitrogens with one attached hydrogen (secondary N) is 1. The molecule has 0 saturated carbocycles. The minimum absolute atomic E-state index is 0.00430. The number of carbonyl (C=O) groups excluding carboxylic acids is 1. The van der Waals surface area contributed by atoms with Crippen molar-refractivity contribution in [2.45, 2.75) is 57.2 Å². The van der Waals surface area contributed by atoms with Crippen LogP contribution in [0.4, 0.5) is 0 Å². The van der Waals surface area contributed by atoms with E-state index in [4.69, 9.17) is 0 Å². The molecule has 1 aromatic rings. The number of rotatable bonds is 7. The predicted octanol–water partition coefficient (Wildman–Crippen LogP) is 2.49. The highest BCUT2D eigenvalue weighted by Gasteiger charge is 2.35. The summed E-state index contributed by atoms with van der Waals surface area (Å²) in [4.78, 5) is 14.5. The topological polar surface area (TPSA) is 52.6 Å². The zero-order valence-corrected chi connectivity index (χ0v) is 13.7. The molecule has 2 N–H and O–H groups in total. The van der Waals surface area contributed by atoms with Crippen molar-refractivity contribution in [3.8, 4) is 0 Å². The molecule has 0 aliphatic carbocycles. The second kappa shape index (κ2) is 8.30. The van der Waals surface area contributed by atoms with E-state index in [1.165, 1.54) is 18.4 Å². The van der Waals surface area contributed by atoms with Gasteiger partial charge in [-0.15, -0.1) is 0 Å². The molecule has 22 heavy (non-hydrogen) atoms. The lowest BCUT2D eigenvalue weighted by atomic mass is 9.98. The van der Waals surface area contributed by atoms with Gasteiger partial charge in [-0.05, 0) is 24.9 Å². The lowest BCUT2D eigenvalue weighted by Gasteiger charge is -2.31. The summed E-state index contributed by atoms with van der Waals surface area (Å²) < 4.78 is 0. The molecule has 2 rings (SSSR count). The van der Waals surface area contributed by atoms with Crippen LogP contribution in [0.15, 0.2) is 30.3 Å². The smallest absolute Gasteiger partial charge is 0.242 e. The van der Waals surface area contributed by atoms with E-state index < -0.39 is 12.1 Å². The average molecular weight is 304 g/mol. The van der Waals surface area contributed by atoms with E-state index in [9.17, 15) is 9.90 Å². The Morgan fingerprint density at radius 3 is 2.68 bits per heavy atom. The highest BCUT2D eigenvalue weighted by molar-refractivity contribution is 5.83. The zero-order valence-electron chi connectivity index (χ0n) is 13.7. The van der Waals surface area contributed by atoms with E-state index in [1.54, 1.807) is 0 Å². The van der Waals surface area contributed by atoms with Crippen molar-refractivity contribution in [2.24, 2.45) is 0 Å². The third-order valence-electron chi connectivity index (χ3n) is 4.54. The molecule has 1 aliphatic heterocycles. The summed E-state index contributed by atoms with van der Waals surface area (Å²) >= 11 is 0. The fourth-order valence-electron chi connectivity index (χ4n) is 3.16. The maximum atomic E-state index is 12.7. The lowest BCUT2D eigenvalue weighted by Crippen LogP contribution is -2.47. The largest absolute Gasteiger partial charge is 0.391 e. The number of likely N-dealkylation sites (N-methyl/N-ethyl adjacent to an activating group) is 1. The number of unbranched alkanes of at least 4 members (excludes halogenated alkanes) is 2. The molecule has 1 aliphatic rings. The van der Waals surface area contributed by atoms with Crippen molar-refractivity contribution >= 4 is 5.91 Å². The molecular formula is C18H28N2O2. The van der Waals surface area contributed by atoms with Crippen molar-refractivity contribution in [1.82, 2.24) is 10.2 Å². The van der Waals surface area contributed by atoms with Crippen LogP contribution in [-0.2, 0) is 4.79 Å². The Hall–Kier alpha value is -1.39. The maximum Gasteiger partial charge on any atom is 0.242 e. The van der Waals surface area contributed by atoms with E-state index in [0.29, 0.717) is 13.0 Å². The third kappa shape index (κ3) is 4.08. The molecule has 1 fully saturated rings.